The van der Waals surface area contributed by atoms with Gasteiger partial charge in [0, 0.05) is 40.3 Å². The van der Waals surface area contributed by atoms with Crippen molar-refractivity contribution in [2.75, 3.05) is 59.8 Å². The second-order valence-electron chi connectivity index (χ2n) is 4.53. The minimum absolute atomic E-state index is 0. The van der Waals surface area contributed by atoms with Crippen molar-refractivity contribution >= 4 is 40.0 Å². The van der Waals surface area contributed by atoms with Crippen LogP contribution in [0.2, 0.25) is 0 Å². The van der Waals surface area contributed by atoms with Crippen LogP contribution in [-0.4, -0.2) is 85.2 Å². The highest BCUT2D eigenvalue weighted by atomic mass is 127. The molecule has 0 aromatic rings. The summed E-state index contributed by atoms with van der Waals surface area (Å²) < 4.78 is 35.0. The number of halogens is 1. The number of rotatable bonds is 6. The molecule has 0 radical (unpaired) electrons. The minimum atomic E-state index is -3.15. The Balaban J connectivity index is 0.00000400. The van der Waals surface area contributed by atoms with E-state index in [0.29, 0.717) is 32.8 Å². The van der Waals surface area contributed by atoms with Gasteiger partial charge in [-0.3, -0.25) is 4.99 Å². The van der Waals surface area contributed by atoms with Crippen LogP contribution < -0.4 is 10.0 Å². The molecule has 0 aliphatic carbocycles. The summed E-state index contributed by atoms with van der Waals surface area (Å²) in [6.07, 6.45) is 1.17. The van der Waals surface area contributed by atoms with Crippen molar-refractivity contribution in [3.05, 3.63) is 0 Å². The molecule has 1 rings (SSSR count). The first-order valence-corrected chi connectivity index (χ1v) is 8.36. The molecule has 0 saturated carbocycles. The molecule has 0 spiro atoms. The molecule has 0 amide bonds. The maximum atomic E-state index is 11.0. The average molecular weight is 436 g/mol. The Morgan fingerprint density at radius 3 is 2.76 bits per heavy atom. The lowest BCUT2D eigenvalue weighted by Crippen LogP contribution is -2.52. The molecular weight excluding hydrogens is 411 g/mol. The number of ether oxygens (including phenoxy) is 2. The van der Waals surface area contributed by atoms with E-state index in [-0.39, 0.29) is 30.1 Å². The van der Waals surface area contributed by atoms with Crippen molar-refractivity contribution in [2.45, 2.75) is 6.10 Å². The lowest BCUT2D eigenvalue weighted by atomic mass is 10.3. The number of hydrogen-bond acceptors (Lipinski definition) is 5. The van der Waals surface area contributed by atoms with Crippen LogP contribution >= 0.6 is 24.0 Å². The second-order valence-corrected chi connectivity index (χ2v) is 6.37. The molecule has 1 heterocycles. The van der Waals surface area contributed by atoms with Gasteiger partial charge in [0.2, 0.25) is 10.0 Å². The number of sulfonamides is 1. The van der Waals surface area contributed by atoms with Crippen molar-refractivity contribution in [1.82, 2.24) is 14.9 Å². The fourth-order valence-electron chi connectivity index (χ4n) is 1.94. The summed E-state index contributed by atoms with van der Waals surface area (Å²) >= 11 is 0. The average Bonchev–Trinajstić information content (AvgIpc) is 2.38. The first kappa shape index (κ1) is 20.8. The molecule has 1 fully saturated rings. The zero-order valence-corrected chi connectivity index (χ0v) is 15.8. The summed E-state index contributed by atoms with van der Waals surface area (Å²) in [7, 11) is 0.197. The lowest BCUT2D eigenvalue weighted by Gasteiger charge is -2.34. The Kier molecular flexibility index (Phi) is 10.5. The highest BCUT2D eigenvalue weighted by Gasteiger charge is 2.22. The van der Waals surface area contributed by atoms with Crippen molar-refractivity contribution in [1.29, 1.82) is 0 Å². The molecule has 8 nitrogen and oxygen atoms in total. The fraction of sp³-hybridized carbons (Fsp3) is 0.909. The molecule has 21 heavy (non-hydrogen) atoms. The minimum Gasteiger partial charge on any atom is -0.382 e. The Morgan fingerprint density at radius 2 is 2.19 bits per heavy atom. The quantitative estimate of drug-likeness (QED) is 0.242. The van der Waals surface area contributed by atoms with E-state index in [1.54, 1.807) is 14.2 Å². The standard InChI is InChI=1S/C11H24N4O4S.HI/c1-12-11(13-4-5-14-20(3,16)17)15-6-7-19-10(8-15)9-18-2;/h10,14H,4-9H2,1-3H3,(H,12,13);1H. The highest BCUT2D eigenvalue weighted by molar-refractivity contribution is 14.0. The van der Waals surface area contributed by atoms with Crippen molar-refractivity contribution in [3.63, 3.8) is 0 Å². The van der Waals surface area contributed by atoms with Crippen LogP contribution in [0.15, 0.2) is 4.99 Å². The molecule has 126 valence electrons. The molecule has 2 N–H and O–H groups in total. The number of methoxy groups -OCH3 is 1. The summed E-state index contributed by atoms with van der Waals surface area (Å²) in [6, 6.07) is 0. The Hall–Kier alpha value is -0.170. The van der Waals surface area contributed by atoms with Gasteiger partial charge in [-0.25, -0.2) is 13.1 Å². The molecule has 0 aromatic heterocycles. The Morgan fingerprint density at radius 1 is 1.48 bits per heavy atom. The lowest BCUT2D eigenvalue weighted by molar-refractivity contribution is -0.0447. The van der Waals surface area contributed by atoms with Crippen LogP contribution in [0.1, 0.15) is 0 Å². The van der Waals surface area contributed by atoms with E-state index in [1.165, 1.54) is 0 Å². The third kappa shape index (κ3) is 8.76. The number of nitrogens with zero attached hydrogens (tertiary/aromatic N) is 2. The predicted octanol–water partition coefficient (Wildman–Crippen LogP) is -0.924. The molecule has 1 aliphatic heterocycles. The van der Waals surface area contributed by atoms with E-state index in [9.17, 15) is 8.42 Å². The normalized spacial score (nSPS) is 20.0. The van der Waals surface area contributed by atoms with Gasteiger partial charge in [-0.2, -0.15) is 0 Å². The third-order valence-corrected chi connectivity index (χ3v) is 3.50. The summed E-state index contributed by atoms with van der Waals surface area (Å²) in [5, 5.41) is 3.13. The van der Waals surface area contributed by atoms with Gasteiger partial charge in [-0.05, 0) is 0 Å². The number of hydrogen-bond donors (Lipinski definition) is 2. The maximum Gasteiger partial charge on any atom is 0.208 e. The molecule has 0 bridgehead atoms. The first-order valence-electron chi connectivity index (χ1n) is 6.47. The highest BCUT2D eigenvalue weighted by Crippen LogP contribution is 2.05. The molecule has 1 atom stereocenters. The van der Waals surface area contributed by atoms with Crippen molar-refractivity contribution in [3.8, 4) is 0 Å². The van der Waals surface area contributed by atoms with Gasteiger partial charge in [-0.15, -0.1) is 24.0 Å². The number of aliphatic imine (C=N–C) groups is 1. The number of nitrogens with one attached hydrogen (secondary N) is 2. The smallest absolute Gasteiger partial charge is 0.208 e. The van der Waals surface area contributed by atoms with Gasteiger partial charge < -0.3 is 19.7 Å². The molecule has 1 unspecified atom stereocenters. The Bertz CT molecular complexity index is 416. The van der Waals surface area contributed by atoms with Gasteiger partial charge in [0.05, 0.1) is 25.6 Å². The number of morpholine rings is 1. The summed E-state index contributed by atoms with van der Waals surface area (Å²) in [5.41, 5.74) is 0. The van der Waals surface area contributed by atoms with Gasteiger partial charge in [-0.1, -0.05) is 0 Å². The van der Waals surface area contributed by atoms with Crippen LogP contribution in [0.3, 0.4) is 0 Å². The first-order chi connectivity index (χ1) is 9.46. The van der Waals surface area contributed by atoms with Crippen LogP contribution in [0.4, 0.5) is 0 Å². The van der Waals surface area contributed by atoms with Gasteiger partial charge in [0.1, 0.15) is 0 Å². The van der Waals surface area contributed by atoms with E-state index in [0.717, 1.165) is 18.8 Å². The van der Waals surface area contributed by atoms with Crippen LogP contribution in [0.25, 0.3) is 0 Å². The molecule has 10 heteroatoms. The zero-order chi connectivity index (χ0) is 15.0. The molecule has 0 aromatic carbocycles. The van der Waals surface area contributed by atoms with E-state index < -0.39 is 10.0 Å². The summed E-state index contributed by atoms with van der Waals surface area (Å²) in [4.78, 5) is 6.28. The largest absolute Gasteiger partial charge is 0.382 e. The summed E-state index contributed by atoms with van der Waals surface area (Å²) in [6.45, 7) is 3.42. The third-order valence-electron chi connectivity index (χ3n) is 2.78. The molecule has 1 aliphatic rings. The van der Waals surface area contributed by atoms with Gasteiger partial charge in [0.15, 0.2) is 5.96 Å². The van der Waals surface area contributed by atoms with Crippen LogP contribution in [0.5, 0.6) is 0 Å². The Labute approximate surface area is 143 Å². The van der Waals surface area contributed by atoms with E-state index in [2.05, 4.69) is 19.9 Å². The van der Waals surface area contributed by atoms with E-state index in [4.69, 9.17) is 9.47 Å². The van der Waals surface area contributed by atoms with Crippen LogP contribution in [0, 0.1) is 0 Å². The van der Waals surface area contributed by atoms with Crippen LogP contribution in [-0.2, 0) is 19.5 Å². The van der Waals surface area contributed by atoms with Gasteiger partial charge in [0.25, 0.3) is 0 Å². The molecule has 1 saturated heterocycles. The van der Waals surface area contributed by atoms with E-state index in [1.807, 2.05) is 0 Å². The van der Waals surface area contributed by atoms with E-state index >= 15 is 0 Å². The van der Waals surface area contributed by atoms with Crippen molar-refractivity contribution < 1.29 is 17.9 Å². The number of guanidine groups is 1. The fourth-order valence-corrected chi connectivity index (χ4v) is 2.41. The molecular formula is C11H25IN4O4S. The van der Waals surface area contributed by atoms with Gasteiger partial charge >= 0.3 is 0 Å². The topological polar surface area (TPSA) is 92.3 Å². The zero-order valence-electron chi connectivity index (χ0n) is 12.7. The maximum absolute atomic E-state index is 11.0. The van der Waals surface area contributed by atoms with Crippen molar-refractivity contribution in [2.24, 2.45) is 4.99 Å². The second kappa shape index (κ2) is 10.5. The SMILES string of the molecule is CN=C(NCCNS(C)(=O)=O)N1CCOC(COC)C1.I. The monoisotopic (exact) mass is 436 g/mol. The predicted molar refractivity (Wildman–Crippen MR) is 92.8 cm³/mol. The summed E-state index contributed by atoms with van der Waals surface area (Å²) in [5.74, 6) is 0.740.